The quantitative estimate of drug-likeness (QED) is 0.532. The molecule has 5 nitrogen and oxygen atoms in total. The van der Waals surface area contributed by atoms with E-state index in [4.69, 9.17) is 4.52 Å². The van der Waals surface area contributed by atoms with Crippen LogP contribution in [0.2, 0.25) is 0 Å². The second kappa shape index (κ2) is 7.33. The monoisotopic (exact) mass is 356 g/mol. The van der Waals surface area contributed by atoms with Gasteiger partial charge in [0, 0.05) is 42.3 Å². The minimum absolute atomic E-state index is 0.510. The van der Waals surface area contributed by atoms with Crippen LogP contribution in [0.3, 0.4) is 0 Å². The van der Waals surface area contributed by atoms with Gasteiger partial charge in [-0.15, -0.1) is 0 Å². The molecule has 0 amide bonds. The predicted molar refractivity (Wildman–Crippen MR) is 109 cm³/mol. The molecule has 3 aromatic carbocycles. The van der Waals surface area contributed by atoms with Gasteiger partial charge in [-0.25, -0.2) is 0 Å². The van der Waals surface area contributed by atoms with Crippen LogP contribution in [0.1, 0.15) is 0 Å². The molecule has 1 aromatic heterocycles. The molecule has 27 heavy (non-hydrogen) atoms. The van der Waals surface area contributed by atoms with Crippen LogP contribution in [0.4, 0.5) is 17.1 Å². The van der Waals surface area contributed by atoms with E-state index in [1.807, 2.05) is 68.7 Å². The highest BCUT2D eigenvalue weighted by Gasteiger charge is 2.10. The van der Waals surface area contributed by atoms with Gasteiger partial charge in [-0.3, -0.25) is 0 Å². The van der Waals surface area contributed by atoms with Crippen LogP contribution in [-0.4, -0.2) is 24.2 Å². The van der Waals surface area contributed by atoms with Gasteiger partial charge in [-0.1, -0.05) is 35.5 Å². The van der Waals surface area contributed by atoms with E-state index in [-0.39, 0.29) is 0 Å². The van der Waals surface area contributed by atoms with E-state index in [9.17, 15) is 0 Å². The largest absolute Gasteiger partial charge is 0.378 e. The van der Waals surface area contributed by atoms with Crippen molar-refractivity contribution in [1.82, 2.24) is 10.1 Å². The summed E-state index contributed by atoms with van der Waals surface area (Å²) in [6.07, 6.45) is 0. The zero-order chi connectivity index (χ0) is 18.6. The van der Waals surface area contributed by atoms with Crippen LogP contribution in [0.15, 0.2) is 83.4 Å². The molecule has 0 atom stereocenters. The normalized spacial score (nSPS) is 10.6. The maximum Gasteiger partial charge on any atom is 0.258 e. The lowest BCUT2D eigenvalue weighted by Gasteiger charge is -2.13. The summed E-state index contributed by atoms with van der Waals surface area (Å²) in [6.45, 7) is 0. The summed E-state index contributed by atoms with van der Waals surface area (Å²) < 4.78 is 5.41. The van der Waals surface area contributed by atoms with E-state index in [0.717, 1.165) is 22.5 Å². The van der Waals surface area contributed by atoms with Gasteiger partial charge in [0.2, 0.25) is 5.82 Å². The highest BCUT2D eigenvalue weighted by atomic mass is 16.5. The Morgan fingerprint density at radius 1 is 0.741 bits per heavy atom. The van der Waals surface area contributed by atoms with E-state index in [2.05, 4.69) is 44.6 Å². The number of nitrogens with zero attached hydrogens (tertiary/aromatic N) is 3. The van der Waals surface area contributed by atoms with Crippen molar-refractivity contribution in [2.75, 3.05) is 24.3 Å². The molecule has 0 spiro atoms. The van der Waals surface area contributed by atoms with Crippen LogP contribution in [-0.2, 0) is 0 Å². The maximum atomic E-state index is 5.41. The molecule has 4 aromatic rings. The molecule has 5 heteroatoms. The molecule has 1 heterocycles. The second-order valence-corrected chi connectivity index (χ2v) is 6.43. The molecule has 0 unspecified atom stereocenters. The van der Waals surface area contributed by atoms with Crippen molar-refractivity contribution < 1.29 is 4.52 Å². The number of benzene rings is 3. The Bertz CT molecular complexity index is 1010. The Labute approximate surface area is 158 Å². The van der Waals surface area contributed by atoms with Crippen molar-refractivity contribution in [3.63, 3.8) is 0 Å². The van der Waals surface area contributed by atoms with Crippen molar-refractivity contribution in [2.45, 2.75) is 0 Å². The summed E-state index contributed by atoms with van der Waals surface area (Å²) in [4.78, 5) is 6.56. The van der Waals surface area contributed by atoms with Gasteiger partial charge in [0.05, 0.1) is 0 Å². The topological polar surface area (TPSA) is 54.2 Å². The molecular weight excluding hydrogens is 336 g/mol. The van der Waals surface area contributed by atoms with Crippen molar-refractivity contribution in [3.8, 4) is 22.8 Å². The van der Waals surface area contributed by atoms with E-state index in [1.54, 1.807) is 0 Å². The number of hydrogen-bond acceptors (Lipinski definition) is 5. The first-order valence-corrected chi connectivity index (χ1v) is 8.73. The van der Waals surface area contributed by atoms with E-state index in [0.29, 0.717) is 11.7 Å². The van der Waals surface area contributed by atoms with Gasteiger partial charge in [-0.2, -0.15) is 4.98 Å². The van der Waals surface area contributed by atoms with Gasteiger partial charge < -0.3 is 14.7 Å². The molecule has 4 rings (SSSR count). The third-order valence-electron chi connectivity index (χ3n) is 4.26. The lowest BCUT2D eigenvalue weighted by atomic mass is 10.2. The fourth-order valence-electron chi connectivity index (χ4n) is 2.75. The number of nitrogens with one attached hydrogen (secondary N) is 1. The molecule has 134 valence electrons. The standard InChI is InChI=1S/C22H20N4O/c1-26(2)20-14-12-19(13-15-20)23-18-10-8-17(9-11-18)22-24-21(25-27-22)16-6-4-3-5-7-16/h3-15,23H,1-2H3. The van der Waals surface area contributed by atoms with Crippen molar-refractivity contribution in [3.05, 3.63) is 78.9 Å². The van der Waals surface area contributed by atoms with Gasteiger partial charge >= 0.3 is 0 Å². The molecule has 0 aliphatic rings. The first-order chi connectivity index (χ1) is 13.2. The van der Waals surface area contributed by atoms with Gasteiger partial charge in [-0.05, 0) is 48.5 Å². The molecule has 0 saturated heterocycles. The highest BCUT2D eigenvalue weighted by molar-refractivity contribution is 5.66. The summed E-state index contributed by atoms with van der Waals surface area (Å²) in [6, 6.07) is 26.0. The zero-order valence-corrected chi connectivity index (χ0v) is 15.3. The first kappa shape index (κ1) is 16.8. The SMILES string of the molecule is CN(C)c1ccc(Nc2ccc(-c3nc(-c4ccccc4)no3)cc2)cc1. The van der Waals surface area contributed by atoms with Crippen LogP contribution in [0, 0.1) is 0 Å². The van der Waals surface area contributed by atoms with Crippen LogP contribution in [0.25, 0.3) is 22.8 Å². The van der Waals surface area contributed by atoms with E-state index in [1.165, 1.54) is 5.69 Å². The molecule has 1 N–H and O–H groups in total. The Morgan fingerprint density at radius 2 is 1.37 bits per heavy atom. The second-order valence-electron chi connectivity index (χ2n) is 6.43. The van der Waals surface area contributed by atoms with E-state index >= 15 is 0 Å². The van der Waals surface area contributed by atoms with Gasteiger partial charge in [0.25, 0.3) is 5.89 Å². The van der Waals surface area contributed by atoms with Crippen molar-refractivity contribution >= 4 is 17.1 Å². The lowest BCUT2D eigenvalue weighted by molar-refractivity contribution is 0.432. The highest BCUT2D eigenvalue weighted by Crippen LogP contribution is 2.25. The average molecular weight is 356 g/mol. The summed E-state index contributed by atoms with van der Waals surface area (Å²) in [5.74, 6) is 1.10. The maximum absolute atomic E-state index is 5.41. The van der Waals surface area contributed by atoms with E-state index < -0.39 is 0 Å². The molecule has 0 bridgehead atoms. The summed E-state index contributed by atoms with van der Waals surface area (Å²) in [7, 11) is 4.06. The fourth-order valence-corrected chi connectivity index (χ4v) is 2.75. The van der Waals surface area contributed by atoms with Crippen LogP contribution in [0.5, 0.6) is 0 Å². The molecule has 0 radical (unpaired) electrons. The number of anilines is 3. The smallest absolute Gasteiger partial charge is 0.258 e. The number of aromatic nitrogens is 2. The third kappa shape index (κ3) is 3.82. The summed E-state index contributed by atoms with van der Waals surface area (Å²) in [5.41, 5.74) is 5.03. The van der Waals surface area contributed by atoms with Crippen molar-refractivity contribution in [1.29, 1.82) is 0 Å². The molecule has 0 fully saturated rings. The van der Waals surface area contributed by atoms with Crippen LogP contribution < -0.4 is 10.2 Å². The third-order valence-corrected chi connectivity index (χ3v) is 4.26. The minimum atomic E-state index is 0.510. The Morgan fingerprint density at radius 3 is 2.00 bits per heavy atom. The molecular formula is C22H20N4O. The first-order valence-electron chi connectivity index (χ1n) is 8.73. The Balaban J connectivity index is 1.48. The van der Waals surface area contributed by atoms with Crippen LogP contribution >= 0.6 is 0 Å². The average Bonchev–Trinajstić information content (AvgIpc) is 3.20. The minimum Gasteiger partial charge on any atom is -0.378 e. The fraction of sp³-hybridized carbons (Fsp3) is 0.0909. The molecule has 0 aliphatic heterocycles. The Kier molecular flexibility index (Phi) is 4.58. The number of rotatable bonds is 5. The number of hydrogen-bond donors (Lipinski definition) is 1. The van der Waals surface area contributed by atoms with Gasteiger partial charge in [0.15, 0.2) is 0 Å². The summed E-state index contributed by atoms with van der Waals surface area (Å²) >= 11 is 0. The van der Waals surface area contributed by atoms with Crippen molar-refractivity contribution in [2.24, 2.45) is 0 Å². The Hall–Kier alpha value is -3.60. The lowest BCUT2D eigenvalue weighted by Crippen LogP contribution is -2.08. The van der Waals surface area contributed by atoms with Gasteiger partial charge in [0.1, 0.15) is 0 Å². The predicted octanol–water partition coefficient (Wildman–Crippen LogP) is 5.21. The molecule has 0 aliphatic carbocycles. The zero-order valence-electron chi connectivity index (χ0n) is 15.3. The summed E-state index contributed by atoms with van der Waals surface area (Å²) in [5, 5.41) is 7.46. The molecule has 0 saturated carbocycles.